The number of hydrogen-bond acceptors (Lipinski definition) is 7. The molecule has 2 aliphatic rings. The van der Waals surface area contributed by atoms with Gasteiger partial charge in [0.1, 0.15) is 0 Å². The molecule has 3 atom stereocenters. The highest BCUT2D eigenvalue weighted by molar-refractivity contribution is 6.15. The molecule has 1 aromatic heterocycles. The molecule has 2 aromatic carbocycles. The SMILES string of the molecule is CCOc1cc2c(cc1OC)C(c1cccc(-c3nnn(CC)n3)c1)=N[C@@H]1CC[C@@H](O)C[C@H]21. The topological polar surface area (TPSA) is 94.7 Å². The predicted octanol–water partition coefficient (Wildman–Crippen LogP) is 3.62. The Morgan fingerprint density at radius 1 is 1.09 bits per heavy atom. The van der Waals surface area contributed by atoms with E-state index >= 15 is 0 Å². The maximum Gasteiger partial charge on any atom is 0.204 e. The summed E-state index contributed by atoms with van der Waals surface area (Å²) in [5.41, 5.74) is 5.00. The van der Waals surface area contributed by atoms with Crippen molar-refractivity contribution in [1.29, 1.82) is 0 Å². The van der Waals surface area contributed by atoms with Gasteiger partial charge in [-0.15, -0.1) is 10.2 Å². The molecule has 172 valence electrons. The van der Waals surface area contributed by atoms with Gasteiger partial charge in [0.2, 0.25) is 5.82 Å². The van der Waals surface area contributed by atoms with Crippen LogP contribution in [-0.2, 0) is 6.54 Å². The Morgan fingerprint density at radius 2 is 1.94 bits per heavy atom. The Bertz CT molecular complexity index is 1190. The van der Waals surface area contributed by atoms with Crippen LogP contribution in [0.2, 0.25) is 0 Å². The lowest BCUT2D eigenvalue weighted by atomic mass is 9.74. The third-order valence-electron chi connectivity index (χ3n) is 6.50. The van der Waals surface area contributed by atoms with Crippen LogP contribution in [0.1, 0.15) is 55.7 Å². The minimum atomic E-state index is -0.302. The van der Waals surface area contributed by atoms with Gasteiger partial charge in [0.15, 0.2) is 11.5 Å². The first kappa shape index (κ1) is 21.6. The first-order valence-corrected chi connectivity index (χ1v) is 11.6. The molecule has 3 aromatic rings. The summed E-state index contributed by atoms with van der Waals surface area (Å²) in [6.45, 7) is 5.17. The van der Waals surface area contributed by atoms with Crippen LogP contribution in [0.15, 0.2) is 41.4 Å². The number of fused-ring (bicyclic) bond motifs is 3. The molecule has 0 radical (unpaired) electrons. The molecule has 1 fully saturated rings. The lowest BCUT2D eigenvalue weighted by Crippen LogP contribution is -2.34. The van der Waals surface area contributed by atoms with Gasteiger partial charge >= 0.3 is 0 Å². The lowest BCUT2D eigenvalue weighted by molar-refractivity contribution is 0.111. The van der Waals surface area contributed by atoms with Crippen molar-refractivity contribution in [3.05, 3.63) is 53.1 Å². The van der Waals surface area contributed by atoms with Crippen LogP contribution in [-0.4, -0.2) is 56.9 Å². The minimum absolute atomic E-state index is 0.126. The number of nitrogens with zero attached hydrogens (tertiary/aromatic N) is 5. The van der Waals surface area contributed by atoms with Gasteiger partial charge in [0, 0.05) is 22.6 Å². The number of aryl methyl sites for hydroxylation is 1. The number of aromatic nitrogens is 4. The van der Waals surface area contributed by atoms with Crippen LogP contribution in [0, 0.1) is 0 Å². The second kappa shape index (κ2) is 8.94. The second-order valence-electron chi connectivity index (χ2n) is 8.52. The fourth-order valence-corrected chi connectivity index (χ4v) is 4.90. The van der Waals surface area contributed by atoms with Crippen LogP contribution in [0.5, 0.6) is 11.5 Å². The first-order valence-electron chi connectivity index (χ1n) is 11.6. The summed E-state index contributed by atoms with van der Waals surface area (Å²) in [5, 5.41) is 23.1. The monoisotopic (exact) mass is 447 g/mol. The van der Waals surface area contributed by atoms with Crippen molar-refractivity contribution < 1.29 is 14.6 Å². The molecule has 0 saturated heterocycles. The van der Waals surface area contributed by atoms with E-state index in [-0.39, 0.29) is 18.1 Å². The molecule has 0 unspecified atom stereocenters. The van der Waals surface area contributed by atoms with Crippen molar-refractivity contribution >= 4 is 5.71 Å². The second-order valence-corrected chi connectivity index (χ2v) is 8.52. The van der Waals surface area contributed by atoms with Gasteiger partial charge in [0.25, 0.3) is 0 Å². The Hall–Kier alpha value is -3.26. The fourth-order valence-electron chi connectivity index (χ4n) is 4.90. The maximum absolute atomic E-state index is 10.4. The third-order valence-corrected chi connectivity index (χ3v) is 6.50. The van der Waals surface area contributed by atoms with Crippen LogP contribution >= 0.6 is 0 Å². The highest BCUT2D eigenvalue weighted by Gasteiger charge is 2.37. The van der Waals surface area contributed by atoms with Gasteiger partial charge in [-0.25, -0.2) is 0 Å². The molecule has 1 aliphatic carbocycles. The standard InChI is InChI=1S/C25H29N5O3/c1-4-30-28-25(27-29-30)16-8-6-7-15(11-16)24-20-14-22(32-3)23(33-5-2)13-18(20)19-12-17(31)9-10-21(19)26-24/h6-8,11,13-14,17,19,21,31H,4-5,9-10,12H2,1-3H3/t17-,19-,21-/m1/s1. The number of aliphatic hydroxyl groups excluding tert-OH is 1. The van der Waals surface area contributed by atoms with Gasteiger partial charge in [-0.05, 0) is 62.1 Å². The van der Waals surface area contributed by atoms with Gasteiger partial charge in [0.05, 0.1) is 38.1 Å². The molecule has 5 rings (SSSR count). The van der Waals surface area contributed by atoms with Crippen LogP contribution in [0.3, 0.4) is 0 Å². The molecule has 1 aliphatic heterocycles. The largest absolute Gasteiger partial charge is 0.493 e. The van der Waals surface area contributed by atoms with E-state index in [0.717, 1.165) is 46.6 Å². The number of aliphatic hydroxyl groups is 1. The first-order chi connectivity index (χ1) is 16.1. The molecule has 8 nitrogen and oxygen atoms in total. The fraction of sp³-hybridized carbons (Fsp3) is 0.440. The van der Waals surface area contributed by atoms with Crippen molar-refractivity contribution in [3.8, 4) is 22.9 Å². The average Bonchev–Trinajstić information content (AvgIpc) is 3.33. The van der Waals surface area contributed by atoms with Crippen molar-refractivity contribution in [2.24, 2.45) is 4.99 Å². The highest BCUT2D eigenvalue weighted by atomic mass is 16.5. The van der Waals surface area contributed by atoms with Gasteiger partial charge in [-0.2, -0.15) is 4.80 Å². The molecule has 1 N–H and O–H groups in total. The zero-order chi connectivity index (χ0) is 22.9. The normalized spacial score (nSPS) is 21.7. The third kappa shape index (κ3) is 3.99. The summed E-state index contributed by atoms with van der Waals surface area (Å²) < 4.78 is 11.5. The van der Waals surface area contributed by atoms with Crippen molar-refractivity contribution in [3.63, 3.8) is 0 Å². The van der Waals surface area contributed by atoms with E-state index in [1.54, 1.807) is 11.9 Å². The smallest absolute Gasteiger partial charge is 0.204 e. The van der Waals surface area contributed by atoms with Crippen LogP contribution < -0.4 is 9.47 Å². The van der Waals surface area contributed by atoms with Gasteiger partial charge in [-0.1, -0.05) is 18.2 Å². The summed E-state index contributed by atoms with van der Waals surface area (Å²) in [4.78, 5) is 6.78. The molecule has 1 saturated carbocycles. The van der Waals surface area contributed by atoms with Crippen molar-refractivity contribution in [2.75, 3.05) is 13.7 Å². The van der Waals surface area contributed by atoms with Gasteiger partial charge < -0.3 is 14.6 Å². The minimum Gasteiger partial charge on any atom is -0.493 e. The Balaban J connectivity index is 1.63. The summed E-state index contributed by atoms with van der Waals surface area (Å²) in [5.74, 6) is 2.17. The van der Waals surface area contributed by atoms with Crippen LogP contribution in [0.4, 0.5) is 0 Å². The molecule has 0 bridgehead atoms. The molecule has 0 spiro atoms. The zero-order valence-corrected chi connectivity index (χ0v) is 19.2. The molecular formula is C25H29N5O3. The summed E-state index contributed by atoms with van der Waals surface area (Å²) in [6.07, 6.45) is 2.03. The Labute approximate surface area is 193 Å². The van der Waals surface area contributed by atoms with E-state index in [0.29, 0.717) is 31.1 Å². The molecular weight excluding hydrogens is 418 g/mol. The number of methoxy groups -OCH3 is 1. The number of rotatable bonds is 6. The van der Waals surface area contributed by atoms with Crippen molar-refractivity contribution in [2.45, 2.75) is 57.7 Å². The van der Waals surface area contributed by atoms with E-state index in [2.05, 4.69) is 33.6 Å². The number of benzene rings is 2. The Kier molecular flexibility index (Phi) is 5.85. The molecule has 33 heavy (non-hydrogen) atoms. The highest BCUT2D eigenvalue weighted by Crippen LogP contribution is 2.45. The average molecular weight is 448 g/mol. The van der Waals surface area contributed by atoms with E-state index in [1.165, 1.54) is 0 Å². The van der Waals surface area contributed by atoms with E-state index in [9.17, 15) is 5.11 Å². The number of ether oxygens (including phenoxy) is 2. The quantitative estimate of drug-likeness (QED) is 0.620. The zero-order valence-electron chi connectivity index (χ0n) is 19.2. The molecule has 8 heteroatoms. The van der Waals surface area contributed by atoms with Gasteiger partial charge in [-0.3, -0.25) is 4.99 Å². The summed E-state index contributed by atoms with van der Waals surface area (Å²) in [7, 11) is 1.65. The number of tetrazole rings is 1. The van der Waals surface area contributed by atoms with E-state index in [1.807, 2.05) is 32.0 Å². The number of aliphatic imine (C=N–C) groups is 1. The Morgan fingerprint density at radius 3 is 2.70 bits per heavy atom. The maximum atomic E-state index is 10.4. The molecule has 2 heterocycles. The lowest BCUT2D eigenvalue weighted by Gasteiger charge is -2.37. The van der Waals surface area contributed by atoms with E-state index in [4.69, 9.17) is 14.5 Å². The molecule has 0 amide bonds. The van der Waals surface area contributed by atoms with Crippen LogP contribution in [0.25, 0.3) is 11.4 Å². The predicted molar refractivity (Wildman–Crippen MR) is 125 cm³/mol. The van der Waals surface area contributed by atoms with Crippen molar-refractivity contribution in [1.82, 2.24) is 20.2 Å². The number of hydrogen-bond donors (Lipinski definition) is 1. The van der Waals surface area contributed by atoms with E-state index < -0.39 is 0 Å². The summed E-state index contributed by atoms with van der Waals surface area (Å²) >= 11 is 0. The summed E-state index contributed by atoms with van der Waals surface area (Å²) in [6, 6.07) is 12.4.